The lowest BCUT2D eigenvalue weighted by Crippen LogP contribution is -2.55. The van der Waals surface area contributed by atoms with Gasteiger partial charge in [-0.2, -0.15) is 0 Å². The van der Waals surface area contributed by atoms with Crippen molar-refractivity contribution >= 4 is 17.4 Å². The molecule has 0 bridgehead atoms. The van der Waals surface area contributed by atoms with Crippen LogP contribution in [0.5, 0.6) is 0 Å². The third-order valence-electron chi connectivity index (χ3n) is 2.98. The van der Waals surface area contributed by atoms with E-state index in [-0.39, 0.29) is 30.9 Å². The molecule has 1 saturated heterocycles. The Morgan fingerprint density at radius 3 is 3.00 bits per heavy atom. The van der Waals surface area contributed by atoms with Crippen molar-refractivity contribution in [2.24, 2.45) is 0 Å². The van der Waals surface area contributed by atoms with E-state index in [1.807, 2.05) is 11.0 Å². The zero-order chi connectivity index (χ0) is 13.1. The number of aliphatic hydroxyl groups is 1. The maximum atomic E-state index is 11.5. The number of piperazine rings is 1. The van der Waals surface area contributed by atoms with Crippen LogP contribution in [0, 0.1) is 0 Å². The van der Waals surface area contributed by atoms with Crippen molar-refractivity contribution in [3.05, 3.63) is 29.8 Å². The molecule has 5 nitrogen and oxygen atoms in total. The Morgan fingerprint density at radius 2 is 2.33 bits per heavy atom. The summed E-state index contributed by atoms with van der Waals surface area (Å²) in [5.41, 5.74) is 1.45. The monoisotopic (exact) mass is 248 g/mol. The molecule has 0 spiro atoms. The summed E-state index contributed by atoms with van der Waals surface area (Å²) in [6, 6.07) is 6.92. The normalized spacial score (nSPS) is 19.6. The summed E-state index contributed by atoms with van der Waals surface area (Å²) in [4.78, 5) is 24.7. The van der Waals surface area contributed by atoms with Crippen molar-refractivity contribution in [1.82, 2.24) is 5.32 Å². The standard InChI is InChI=1S/C13H16N2O3/c1-9(17)10-3-2-4-12(5-10)15-6-11(8-16)14-13(18)7-15/h2-5,11,16H,6-8H2,1H3,(H,14,18). The topological polar surface area (TPSA) is 69.6 Å². The molecule has 0 saturated carbocycles. The number of ketones is 1. The van der Waals surface area contributed by atoms with Crippen LogP contribution >= 0.6 is 0 Å². The number of amides is 1. The molecule has 5 heteroatoms. The van der Waals surface area contributed by atoms with Gasteiger partial charge < -0.3 is 15.3 Å². The van der Waals surface area contributed by atoms with E-state index in [1.54, 1.807) is 18.2 Å². The quantitative estimate of drug-likeness (QED) is 0.749. The second-order valence-corrected chi connectivity index (χ2v) is 4.43. The first-order chi connectivity index (χ1) is 8.60. The van der Waals surface area contributed by atoms with Crippen LogP contribution < -0.4 is 10.2 Å². The number of aliphatic hydroxyl groups excluding tert-OH is 1. The van der Waals surface area contributed by atoms with Crippen LogP contribution in [0.1, 0.15) is 17.3 Å². The Hall–Kier alpha value is -1.88. The van der Waals surface area contributed by atoms with E-state index < -0.39 is 0 Å². The molecule has 1 unspecified atom stereocenters. The van der Waals surface area contributed by atoms with Crippen LogP contribution in [0.15, 0.2) is 24.3 Å². The molecule has 1 aromatic carbocycles. The van der Waals surface area contributed by atoms with Gasteiger partial charge in [0, 0.05) is 17.8 Å². The van der Waals surface area contributed by atoms with Gasteiger partial charge in [0.1, 0.15) is 0 Å². The van der Waals surface area contributed by atoms with Crippen molar-refractivity contribution in [3.8, 4) is 0 Å². The van der Waals surface area contributed by atoms with Gasteiger partial charge in [-0.05, 0) is 19.1 Å². The van der Waals surface area contributed by atoms with Crippen molar-refractivity contribution in [3.63, 3.8) is 0 Å². The summed E-state index contributed by atoms with van der Waals surface area (Å²) < 4.78 is 0. The number of nitrogens with zero attached hydrogens (tertiary/aromatic N) is 1. The highest BCUT2D eigenvalue weighted by atomic mass is 16.3. The Bertz CT molecular complexity index is 473. The molecule has 1 aliphatic rings. The molecule has 0 radical (unpaired) electrons. The fourth-order valence-electron chi connectivity index (χ4n) is 2.04. The average Bonchev–Trinajstić information content (AvgIpc) is 2.38. The molecule has 1 heterocycles. The Labute approximate surface area is 105 Å². The van der Waals surface area contributed by atoms with Gasteiger partial charge >= 0.3 is 0 Å². The third-order valence-corrected chi connectivity index (χ3v) is 2.98. The summed E-state index contributed by atoms with van der Waals surface area (Å²) in [6.07, 6.45) is 0. The van der Waals surface area contributed by atoms with E-state index in [2.05, 4.69) is 5.32 Å². The molecule has 1 amide bonds. The van der Waals surface area contributed by atoms with Gasteiger partial charge in [-0.25, -0.2) is 0 Å². The van der Waals surface area contributed by atoms with Gasteiger partial charge in [-0.3, -0.25) is 9.59 Å². The van der Waals surface area contributed by atoms with E-state index in [4.69, 9.17) is 5.11 Å². The minimum Gasteiger partial charge on any atom is -0.394 e. The van der Waals surface area contributed by atoms with Gasteiger partial charge in [0.2, 0.25) is 5.91 Å². The predicted molar refractivity (Wildman–Crippen MR) is 67.7 cm³/mol. The number of Topliss-reactive ketones (excluding diaryl/α,β-unsaturated/α-hetero) is 1. The summed E-state index contributed by atoms with van der Waals surface area (Å²) in [7, 11) is 0. The molecule has 1 aromatic rings. The minimum absolute atomic E-state index is 0.00276. The van der Waals surface area contributed by atoms with Gasteiger partial charge in [0.05, 0.1) is 19.2 Å². The molecule has 0 aliphatic carbocycles. The summed E-state index contributed by atoms with van der Waals surface area (Å²) >= 11 is 0. The Morgan fingerprint density at radius 1 is 1.56 bits per heavy atom. The lowest BCUT2D eigenvalue weighted by Gasteiger charge is -2.33. The zero-order valence-corrected chi connectivity index (χ0v) is 10.2. The van der Waals surface area contributed by atoms with Crippen LogP contribution in [0.25, 0.3) is 0 Å². The van der Waals surface area contributed by atoms with Crippen LogP contribution in [0.2, 0.25) is 0 Å². The van der Waals surface area contributed by atoms with E-state index in [0.29, 0.717) is 12.1 Å². The maximum Gasteiger partial charge on any atom is 0.239 e. The number of benzene rings is 1. The number of anilines is 1. The van der Waals surface area contributed by atoms with E-state index >= 15 is 0 Å². The molecule has 2 rings (SSSR count). The van der Waals surface area contributed by atoms with Crippen molar-refractivity contribution in [2.45, 2.75) is 13.0 Å². The van der Waals surface area contributed by atoms with Crippen LogP contribution in [0.3, 0.4) is 0 Å². The number of carbonyl (C=O) groups excluding carboxylic acids is 2. The molecule has 0 aromatic heterocycles. The minimum atomic E-state index is -0.257. The van der Waals surface area contributed by atoms with Crippen LogP contribution in [0.4, 0.5) is 5.69 Å². The average molecular weight is 248 g/mol. The predicted octanol–water partition coefficient (Wildman–Crippen LogP) is 0.186. The lowest BCUT2D eigenvalue weighted by atomic mass is 10.1. The number of hydrogen-bond donors (Lipinski definition) is 2. The second kappa shape index (κ2) is 5.18. The maximum absolute atomic E-state index is 11.5. The number of hydrogen-bond acceptors (Lipinski definition) is 4. The van der Waals surface area contributed by atoms with Crippen molar-refractivity contribution < 1.29 is 14.7 Å². The summed E-state index contributed by atoms with van der Waals surface area (Å²) in [5.74, 6) is -0.120. The van der Waals surface area contributed by atoms with E-state index in [0.717, 1.165) is 5.69 Å². The Balaban J connectivity index is 2.22. The summed E-state index contributed by atoms with van der Waals surface area (Å²) in [6.45, 7) is 2.22. The lowest BCUT2D eigenvalue weighted by molar-refractivity contribution is -0.121. The SMILES string of the molecule is CC(=O)c1cccc(N2CC(=O)NC(CO)C2)c1. The van der Waals surface area contributed by atoms with Gasteiger partial charge in [-0.1, -0.05) is 12.1 Å². The van der Waals surface area contributed by atoms with Gasteiger partial charge in [0.25, 0.3) is 0 Å². The van der Waals surface area contributed by atoms with Gasteiger partial charge in [0.15, 0.2) is 5.78 Å². The van der Waals surface area contributed by atoms with Gasteiger partial charge in [-0.15, -0.1) is 0 Å². The van der Waals surface area contributed by atoms with Crippen molar-refractivity contribution in [2.75, 3.05) is 24.6 Å². The molecule has 1 fully saturated rings. The molecule has 18 heavy (non-hydrogen) atoms. The first kappa shape index (κ1) is 12.6. The number of carbonyl (C=O) groups is 2. The Kier molecular flexibility index (Phi) is 3.62. The molecule has 1 atom stereocenters. The van der Waals surface area contributed by atoms with Crippen molar-refractivity contribution in [1.29, 1.82) is 0 Å². The molecular formula is C13H16N2O3. The smallest absolute Gasteiger partial charge is 0.239 e. The molecule has 96 valence electrons. The fourth-order valence-corrected chi connectivity index (χ4v) is 2.04. The number of rotatable bonds is 3. The molecule has 1 aliphatic heterocycles. The summed E-state index contributed by atoms with van der Waals surface area (Å²) in [5, 5.41) is 11.8. The van der Waals surface area contributed by atoms with Crippen LogP contribution in [-0.4, -0.2) is 42.5 Å². The second-order valence-electron chi connectivity index (χ2n) is 4.43. The first-order valence-corrected chi connectivity index (χ1v) is 5.86. The largest absolute Gasteiger partial charge is 0.394 e. The highest BCUT2D eigenvalue weighted by Crippen LogP contribution is 2.18. The number of nitrogens with one attached hydrogen (secondary N) is 1. The fraction of sp³-hybridized carbons (Fsp3) is 0.385. The van der Waals surface area contributed by atoms with E-state index in [1.165, 1.54) is 6.92 Å². The van der Waals surface area contributed by atoms with Crippen LogP contribution in [-0.2, 0) is 4.79 Å². The molecule has 2 N–H and O–H groups in total. The highest BCUT2D eigenvalue weighted by molar-refractivity contribution is 5.95. The third kappa shape index (κ3) is 2.68. The first-order valence-electron chi connectivity index (χ1n) is 5.86. The highest BCUT2D eigenvalue weighted by Gasteiger charge is 2.24. The van der Waals surface area contributed by atoms with E-state index in [9.17, 15) is 9.59 Å². The zero-order valence-electron chi connectivity index (χ0n) is 10.2. The molecular weight excluding hydrogens is 232 g/mol.